The van der Waals surface area contributed by atoms with E-state index in [0.29, 0.717) is 6.42 Å². The maximum Gasteiger partial charge on any atom is 0.171 e. The second-order valence-electron chi connectivity index (χ2n) is 3.76. The zero-order valence-corrected chi connectivity index (χ0v) is 10.3. The third kappa shape index (κ3) is 3.66. The van der Waals surface area contributed by atoms with E-state index in [9.17, 15) is 8.42 Å². The zero-order valence-electron chi connectivity index (χ0n) is 9.44. The predicted molar refractivity (Wildman–Crippen MR) is 68.8 cm³/mol. The van der Waals surface area contributed by atoms with Crippen LogP contribution in [0.3, 0.4) is 0 Å². The van der Waals surface area contributed by atoms with Gasteiger partial charge in [-0.2, -0.15) is 0 Å². The average molecular weight is 236 g/mol. The summed E-state index contributed by atoms with van der Waals surface area (Å²) in [7, 11) is -3.10. The van der Waals surface area contributed by atoms with Crippen molar-refractivity contribution in [2.75, 3.05) is 5.75 Å². The van der Waals surface area contributed by atoms with E-state index in [1.54, 1.807) is 0 Å². The smallest absolute Gasteiger partial charge is 0.171 e. The predicted octanol–water partition coefficient (Wildman–Crippen LogP) is 2.82. The molecule has 0 heterocycles. The second-order valence-corrected chi connectivity index (χ2v) is 5.83. The van der Waals surface area contributed by atoms with Crippen molar-refractivity contribution in [1.29, 1.82) is 0 Å². The van der Waals surface area contributed by atoms with Crippen molar-refractivity contribution in [3.63, 3.8) is 0 Å². The van der Waals surface area contributed by atoms with Gasteiger partial charge in [0.25, 0.3) is 0 Å². The molecular formula is C13H16O2S. The van der Waals surface area contributed by atoms with Gasteiger partial charge in [-0.05, 0) is 24.5 Å². The van der Waals surface area contributed by atoms with Crippen molar-refractivity contribution in [1.82, 2.24) is 0 Å². The summed E-state index contributed by atoms with van der Waals surface area (Å²) in [5, 5.41) is 1.01. The largest absolute Gasteiger partial charge is 0.224 e. The Hall–Kier alpha value is -1.35. The maximum absolute atomic E-state index is 11.2. The normalized spacial score (nSPS) is 11.1. The van der Waals surface area contributed by atoms with Crippen molar-refractivity contribution >= 4 is 15.4 Å². The molecule has 0 aromatic heterocycles. The summed E-state index contributed by atoms with van der Waals surface area (Å²) in [4.78, 5) is 0. The van der Waals surface area contributed by atoms with Crippen LogP contribution in [0, 0.1) is 0 Å². The summed E-state index contributed by atoms with van der Waals surface area (Å²) in [6, 6.07) is 7.78. The molecule has 0 spiro atoms. The second kappa shape index (κ2) is 5.12. The first kappa shape index (κ1) is 12.7. The third-order valence-corrected chi connectivity index (χ3v) is 3.66. The van der Waals surface area contributed by atoms with Crippen LogP contribution in [0.4, 0.5) is 0 Å². The van der Waals surface area contributed by atoms with Crippen molar-refractivity contribution in [2.45, 2.75) is 13.3 Å². The number of benzene rings is 1. The minimum atomic E-state index is -3.10. The number of sulfone groups is 1. The fourth-order valence-corrected chi connectivity index (χ4v) is 1.99. The highest BCUT2D eigenvalue weighted by molar-refractivity contribution is 7.94. The highest BCUT2D eigenvalue weighted by Crippen LogP contribution is 2.13. The minimum Gasteiger partial charge on any atom is -0.224 e. The fourth-order valence-electron chi connectivity index (χ4n) is 1.30. The van der Waals surface area contributed by atoms with Gasteiger partial charge in [-0.15, -0.1) is 0 Å². The minimum absolute atomic E-state index is 0.114. The molecule has 0 bridgehead atoms. The molecule has 86 valence electrons. The van der Waals surface area contributed by atoms with Crippen molar-refractivity contribution in [3.8, 4) is 0 Å². The van der Waals surface area contributed by atoms with Gasteiger partial charge in [0.15, 0.2) is 9.84 Å². The lowest BCUT2D eigenvalue weighted by Gasteiger charge is -2.03. The SMILES string of the molecule is C=CS(=O)(=O)CCc1ccc(C(=C)C)cc1. The van der Waals surface area contributed by atoms with Gasteiger partial charge in [0.05, 0.1) is 5.75 Å². The molecule has 0 radical (unpaired) electrons. The molecule has 0 aliphatic carbocycles. The number of rotatable bonds is 5. The molecule has 16 heavy (non-hydrogen) atoms. The van der Waals surface area contributed by atoms with Crippen LogP contribution in [0.5, 0.6) is 0 Å². The lowest BCUT2D eigenvalue weighted by molar-refractivity contribution is 0.604. The van der Waals surface area contributed by atoms with Crippen molar-refractivity contribution < 1.29 is 8.42 Å². The lowest BCUT2D eigenvalue weighted by Crippen LogP contribution is -2.04. The zero-order chi connectivity index (χ0) is 12.2. The number of hydrogen-bond donors (Lipinski definition) is 0. The van der Waals surface area contributed by atoms with Crippen molar-refractivity contribution in [2.24, 2.45) is 0 Å². The topological polar surface area (TPSA) is 34.1 Å². The summed E-state index contributed by atoms with van der Waals surface area (Å²) in [5.74, 6) is 0.114. The van der Waals surface area contributed by atoms with Crippen molar-refractivity contribution in [3.05, 3.63) is 54.0 Å². The number of aryl methyl sites for hydroxylation is 1. The van der Waals surface area contributed by atoms with E-state index in [1.165, 1.54) is 0 Å². The van der Waals surface area contributed by atoms with Crippen LogP contribution in [0.15, 0.2) is 42.8 Å². The van der Waals surface area contributed by atoms with E-state index >= 15 is 0 Å². The summed E-state index contributed by atoms with van der Waals surface area (Å²) in [6.07, 6.45) is 0.519. The standard InChI is InChI=1S/C13H16O2S/c1-4-16(14,15)10-9-12-5-7-13(8-6-12)11(2)3/h4-8H,1-2,9-10H2,3H3. The Bertz CT molecular complexity index is 481. The summed E-state index contributed by atoms with van der Waals surface area (Å²) >= 11 is 0. The van der Waals surface area contributed by atoms with Crippen LogP contribution in [0.2, 0.25) is 0 Å². The molecule has 0 saturated heterocycles. The molecular weight excluding hydrogens is 220 g/mol. The van der Waals surface area contributed by atoms with Crippen LogP contribution in [0.25, 0.3) is 5.57 Å². The van der Waals surface area contributed by atoms with Gasteiger partial charge in [-0.3, -0.25) is 0 Å². The molecule has 1 aromatic rings. The van der Waals surface area contributed by atoms with Gasteiger partial charge in [0, 0.05) is 5.41 Å². The molecule has 0 saturated carbocycles. The molecule has 0 amide bonds. The van der Waals surface area contributed by atoms with Crippen LogP contribution in [-0.4, -0.2) is 14.2 Å². The molecule has 0 fully saturated rings. The van der Waals surface area contributed by atoms with Gasteiger partial charge in [-0.25, -0.2) is 8.42 Å². The molecule has 0 aliphatic rings. The van der Waals surface area contributed by atoms with E-state index in [-0.39, 0.29) is 5.75 Å². The van der Waals surface area contributed by atoms with E-state index < -0.39 is 9.84 Å². The highest BCUT2D eigenvalue weighted by atomic mass is 32.2. The van der Waals surface area contributed by atoms with Gasteiger partial charge < -0.3 is 0 Å². The van der Waals surface area contributed by atoms with Gasteiger partial charge in [-0.1, -0.05) is 43.0 Å². The first-order chi connectivity index (χ1) is 7.44. The summed E-state index contributed by atoms with van der Waals surface area (Å²) in [6.45, 7) is 9.07. The van der Waals surface area contributed by atoms with Crippen LogP contribution < -0.4 is 0 Å². The molecule has 1 aromatic carbocycles. The van der Waals surface area contributed by atoms with E-state index in [4.69, 9.17) is 0 Å². The van der Waals surface area contributed by atoms with Gasteiger partial charge in [0.1, 0.15) is 0 Å². The maximum atomic E-state index is 11.2. The third-order valence-electron chi connectivity index (χ3n) is 2.38. The van der Waals surface area contributed by atoms with Crippen LogP contribution in [-0.2, 0) is 16.3 Å². The Morgan fingerprint density at radius 1 is 1.31 bits per heavy atom. The monoisotopic (exact) mass is 236 g/mol. The molecule has 0 unspecified atom stereocenters. The Kier molecular flexibility index (Phi) is 4.07. The first-order valence-corrected chi connectivity index (χ1v) is 6.76. The van der Waals surface area contributed by atoms with Gasteiger partial charge in [0.2, 0.25) is 0 Å². The molecule has 2 nitrogen and oxygen atoms in total. The molecule has 1 rings (SSSR count). The summed E-state index contributed by atoms with van der Waals surface area (Å²) < 4.78 is 22.4. The average Bonchev–Trinajstić information content (AvgIpc) is 2.27. The number of hydrogen-bond acceptors (Lipinski definition) is 2. The van der Waals surface area contributed by atoms with Gasteiger partial charge >= 0.3 is 0 Å². The van der Waals surface area contributed by atoms with E-state index in [2.05, 4.69) is 13.2 Å². The van der Waals surface area contributed by atoms with Crippen LogP contribution >= 0.6 is 0 Å². The first-order valence-electron chi connectivity index (χ1n) is 5.04. The summed E-state index contributed by atoms with van der Waals surface area (Å²) in [5.41, 5.74) is 3.09. The lowest BCUT2D eigenvalue weighted by atomic mass is 10.1. The van der Waals surface area contributed by atoms with E-state index in [0.717, 1.165) is 22.1 Å². The molecule has 0 aliphatic heterocycles. The Morgan fingerprint density at radius 2 is 1.88 bits per heavy atom. The fraction of sp³-hybridized carbons (Fsp3) is 0.231. The Balaban J connectivity index is 2.70. The molecule has 0 atom stereocenters. The van der Waals surface area contributed by atoms with Crippen LogP contribution in [0.1, 0.15) is 18.1 Å². The molecule has 0 N–H and O–H groups in total. The highest BCUT2D eigenvalue weighted by Gasteiger charge is 2.05. The molecule has 3 heteroatoms. The quantitative estimate of drug-likeness (QED) is 0.787. The Morgan fingerprint density at radius 3 is 2.31 bits per heavy atom. The Labute approximate surface area is 97.2 Å². The number of allylic oxidation sites excluding steroid dienone is 1. The van der Waals surface area contributed by atoms with E-state index in [1.807, 2.05) is 31.2 Å².